The van der Waals surface area contributed by atoms with E-state index in [1.165, 1.54) is 0 Å². The zero-order valence-corrected chi connectivity index (χ0v) is 10.4. The standard InChI is InChI=1S/C11H12BrN3O/c1-7-4-11(9(12)5-10(7)13)14-6-8-2-3-16-15-8/h2-5,14H,6,13H2,1H3. The van der Waals surface area contributed by atoms with Gasteiger partial charge in [0.1, 0.15) is 12.0 Å². The molecule has 0 saturated heterocycles. The highest BCUT2D eigenvalue weighted by molar-refractivity contribution is 9.10. The molecule has 2 rings (SSSR count). The molecule has 0 aliphatic heterocycles. The number of benzene rings is 1. The van der Waals surface area contributed by atoms with E-state index in [1.54, 1.807) is 6.26 Å². The van der Waals surface area contributed by atoms with Gasteiger partial charge in [-0.3, -0.25) is 0 Å². The number of nitrogens with zero attached hydrogens (tertiary/aromatic N) is 1. The van der Waals surface area contributed by atoms with E-state index in [0.29, 0.717) is 6.54 Å². The van der Waals surface area contributed by atoms with Crippen LogP contribution in [-0.2, 0) is 6.54 Å². The Morgan fingerprint density at radius 2 is 2.31 bits per heavy atom. The molecule has 84 valence electrons. The first-order valence-corrected chi connectivity index (χ1v) is 5.65. The van der Waals surface area contributed by atoms with Crippen LogP contribution in [0.25, 0.3) is 0 Å². The van der Waals surface area contributed by atoms with E-state index < -0.39 is 0 Å². The van der Waals surface area contributed by atoms with Crippen molar-refractivity contribution in [2.75, 3.05) is 11.1 Å². The minimum atomic E-state index is 0.623. The van der Waals surface area contributed by atoms with Crippen molar-refractivity contribution in [3.8, 4) is 0 Å². The summed E-state index contributed by atoms with van der Waals surface area (Å²) >= 11 is 3.46. The van der Waals surface area contributed by atoms with Crippen LogP contribution in [0.4, 0.5) is 11.4 Å². The Kier molecular flexibility index (Phi) is 3.14. The highest BCUT2D eigenvalue weighted by Gasteiger charge is 2.04. The second-order valence-electron chi connectivity index (χ2n) is 3.53. The Morgan fingerprint density at radius 3 is 3.00 bits per heavy atom. The van der Waals surface area contributed by atoms with Gasteiger partial charge in [0, 0.05) is 21.9 Å². The van der Waals surface area contributed by atoms with Crippen LogP contribution >= 0.6 is 15.9 Å². The number of halogens is 1. The molecule has 0 fully saturated rings. The second kappa shape index (κ2) is 4.57. The number of nitrogen functional groups attached to an aromatic ring is 1. The molecule has 2 aromatic rings. The summed E-state index contributed by atoms with van der Waals surface area (Å²) in [6.45, 7) is 2.60. The van der Waals surface area contributed by atoms with Gasteiger partial charge < -0.3 is 15.6 Å². The van der Waals surface area contributed by atoms with E-state index in [2.05, 4.69) is 26.4 Å². The first kappa shape index (κ1) is 11.0. The minimum absolute atomic E-state index is 0.623. The maximum Gasteiger partial charge on any atom is 0.124 e. The molecule has 0 spiro atoms. The second-order valence-corrected chi connectivity index (χ2v) is 4.39. The molecule has 4 nitrogen and oxygen atoms in total. The summed E-state index contributed by atoms with van der Waals surface area (Å²) in [6.07, 6.45) is 1.56. The van der Waals surface area contributed by atoms with Crippen LogP contribution < -0.4 is 11.1 Å². The Bertz CT molecular complexity index is 482. The van der Waals surface area contributed by atoms with Crippen LogP contribution in [0.2, 0.25) is 0 Å². The summed E-state index contributed by atoms with van der Waals surface area (Å²) in [5.74, 6) is 0. The van der Waals surface area contributed by atoms with Crippen LogP contribution in [0, 0.1) is 6.92 Å². The van der Waals surface area contributed by atoms with Crippen molar-refractivity contribution in [2.45, 2.75) is 13.5 Å². The molecule has 0 radical (unpaired) electrons. The van der Waals surface area contributed by atoms with Crippen LogP contribution in [-0.4, -0.2) is 5.16 Å². The lowest BCUT2D eigenvalue weighted by atomic mass is 10.2. The van der Waals surface area contributed by atoms with Gasteiger partial charge in [-0.25, -0.2) is 0 Å². The van der Waals surface area contributed by atoms with Crippen LogP contribution in [0.3, 0.4) is 0 Å². The van der Waals surface area contributed by atoms with E-state index in [9.17, 15) is 0 Å². The summed E-state index contributed by atoms with van der Waals surface area (Å²) in [5, 5.41) is 7.08. The van der Waals surface area contributed by atoms with E-state index in [4.69, 9.17) is 10.3 Å². The third-order valence-corrected chi connectivity index (χ3v) is 2.96. The first-order valence-electron chi connectivity index (χ1n) is 4.85. The highest BCUT2D eigenvalue weighted by atomic mass is 79.9. The lowest BCUT2D eigenvalue weighted by Crippen LogP contribution is -2.01. The molecular formula is C11H12BrN3O. The lowest BCUT2D eigenvalue weighted by Gasteiger charge is -2.09. The predicted octanol–water partition coefficient (Wildman–Crippen LogP) is 2.94. The number of hydrogen-bond acceptors (Lipinski definition) is 4. The number of rotatable bonds is 3. The Labute approximate surface area is 102 Å². The van der Waals surface area contributed by atoms with Crippen molar-refractivity contribution in [1.82, 2.24) is 5.16 Å². The molecule has 16 heavy (non-hydrogen) atoms. The average Bonchev–Trinajstić information content (AvgIpc) is 2.74. The van der Waals surface area contributed by atoms with Gasteiger partial charge in [0.2, 0.25) is 0 Å². The van der Waals surface area contributed by atoms with Gasteiger partial charge in [0.05, 0.1) is 6.54 Å². The fourth-order valence-electron chi connectivity index (χ4n) is 1.35. The van der Waals surface area contributed by atoms with Crippen molar-refractivity contribution < 1.29 is 4.52 Å². The van der Waals surface area contributed by atoms with Crippen LogP contribution in [0.15, 0.2) is 33.5 Å². The molecular weight excluding hydrogens is 270 g/mol. The SMILES string of the molecule is Cc1cc(NCc2ccon2)c(Br)cc1N. The van der Waals surface area contributed by atoms with Gasteiger partial charge in [0.25, 0.3) is 0 Å². The molecule has 0 saturated carbocycles. The quantitative estimate of drug-likeness (QED) is 0.849. The molecule has 0 bridgehead atoms. The monoisotopic (exact) mass is 281 g/mol. The largest absolute Gasteiger partial charge is 0.398 e. The number of hydrogen-bond donors (Lipinski definition) is 2. The number of nitrogens with one attached hydrogen (secondary N) is 1. The van der Waals surface area contributed by atoms with Crippen LogP contribution in [0.1, 0.15) is 11.3 Å². The highest BCUT2D eigenvalue weighted by Crippen LogP contribution is 2.27. The third kappa shape index (κ3) is 2.36. The van der Waals surface area contributed by atoms with E-state index in [0.717, 1.165) is 27.1 Å². The minimum Gasteiger partial charge on any atom is -0.398 e. The van der Waals surface area contributed by atoms with Gasteiger partial charge in [0.15, 0.2) is 0 Å². The molecule has 1 aromatic carbocycles. The van der Waals surface area contributed by atoms with Crippen LogP contribution in [0.5, 0.6) is 0 Å². The van der Waals surface area contributed by atoms with Crippen molar-refractivity contribution in [2.24, 2.45) is 0 Å². The van der Waals surface area contributed by atoms with E-state index in [1.807, 2.05) is 25.1 Å². The average molecular weight is 282 g/mol. The zero-order chi connectivity index (χ0) is 11.5. The fraction of sp³-hybridized carbons (Fsp3) is 0.182. The molecule has 0 atom stereocenters. The smallest absolute Gasteiger partial charge is 0.124 e. The van der Waals surface area contributed by atoms with Gasteiger partial charge in [-0.1, -0.05) is 5.16 Å². The maximum absolute atomic E-state index is 5.80. The summed E-state index contributed by atoms with van der Waals surface area (Å²) in [7, 11) is 0. The van der Waals surface area contributed by atoms with Crippen molar-refractivity contribution in [3.63, 3.8) is 0 Å². The molecule has 0 aliphatic rings. The number of nitrogens with two attached hydrogens (primary N) is 1. The van der Waals surface area contributed by atoms with E-state index in [-0.39, 0.29) is 0 Å². The summed E-state index contributed by atoms with van der Waals surface area (Å²) < 4.78 is 5.70. The maximum atomic E-state index is 5.80. The molecule has 5 heteroatoms. The topological polar surface area (TPSA) is 64.1 Å². The Balaban J connectivity index is 2.12. The number of aryl methyl sites for hydroxylation is 1. The normalized spacial score (nSPS) is 10.4. The lowest BCUT2D eigenvalue weighted by molar-refractivity contribution is 0.412. The Hall–Kier alpha value is -1.49. The molecule has 0 unspecified atom stereocenters. The molecule has 1 heterocycles. The van der Waals surface area contributed by atoms with Gasteiger partial charge in [-0.2, -0.15) is 0 Å². The first-order chi connectivity index (χ1) is 7.66. The fourth-order valence-corrected chi connectivity index (χ4v) is 1.85. The summed E-state index contributed by atoms with van der Waals surface area (Å²) in [4.78, 5) is 0. The summed E-state index contributed by atoms with van der Waals surface area (Å²) in [6, 6.07) is 5.71. The van der Waals surface area contributed by atoms with Gasteiger partial charge >= 0.3 is 0 Å². The zero-order valence-electron chi connectivity index (χ0n) is 8.83. The van der Waals surface area contributed by atoms with Crippen molar-refractivity contribution in [3.05, 3.63) is 40.2 Å². The van der Waals surface area contributed by atoms with Crippen molar-refractivity contribution >= 4 is 27.3 Å². The molecule has 1 aromatic heterocycles. The predicted molar refractivity (Wildman–Crippen MR) is 67.1 cm³/mol. The number of anilines is 2. The Morgan fingerprint density at radius 1 is 1.50 bits per heavy atom. The van der Waals surface area contributed by atoms with E-state index >= 15 is 0 Å². The third-order valence-electron chi connectivity index (χ3n) is 2.31. The van der Waals surface area contributed by atoms with Gasteiger partial charge in [-0.05, 0) is 40.5 Å². The molecule has 0 amide bonds. The number of aromatic nitrogens is 1. The van der Waals surface area contributed by atoms with Crippen molar-refractivity contribution in [1.29, 1.82) is 0 Å². The molecule has 3 N–H and O–H groups in total. The summed E-state index contributed by atoms with van der Waals surface area (Å²) in [5.41, 5.74) is 9.48. The van der Waals surface area contributed by atoms with Gasteiger partial charge in [-0.15, -0.1) is 0 Å². The molecule has 0 aliphatic carbocycles.